The van der Waals surface area contributed by atoms with Gasteiger partial charge in [-0.1, -0.05) is 30.3 Å². The molecule has 1 aliphatic heterocycles. The third kappa shape index (κ3) is 3.34. The molecular weight excluding hydrogens is 274 g/mol. The molecule has 0 aliphatic carbocycles. The van der Waals surface area contributed by atoms with E-state index in [1.807, 2.05) is 35.5 Å². The van der Waals surface area contributed by atoms with Crippen LogP contribution in [0.5, 0.6) is 0 Å². The number of nitrogens with zero attached hydrogens (tertiary/aromatic N) is 3. The molecule has 0 bridgehead atoms. The van der Waals surface area contributed by atoms with Crippen molar-refractivity contribution in [3.63, 3.8) is 0 Å². The van der Waals surface area contributed by atoms with Crippen molar-refractivity contribution < 1.29 is 4.79 Å². The summed E-state index contributed by atoms with van der Waals surface area (Å²) in [6.45, 7) is 5.11. The third-order valence-electron chi connectivity index (χ3n) is 4.21. The molecule has 2 heterocycles. The highest BCUT2D eigenvalue weighted by molar-refractivity contribution is 5.74. The lowest BCUT2D eigenvalue weighted by atomic mass is 10.0. The predicted octanol–water partition coefficient (Wildman–Crippen LogP) is 2.49. The SMILES string of the molecule is CC(=O)N1CCN(Cc2ccncc2)C[C@H]1c1ccccc1. The maximum atomic E-state index is 11.9. The minimum Gasteiger partial charge on any atom is -0.333 e. The first-order valence-corrected chi connectivity index (χ1v) is 7.67. The number of pyridine rings is 1. The molecule has 1 fully saturated rings. The first-order valence-electron chi connectivity index (χ1n) is 7.67. The van der Waals surface area contributed by atoms with E-state index < -0.39 is 0 Å². The van der Waals surface area contributed by atoms with Gasteiger partial charge in [-0.3, -0.25) is 14.7 Å². The van der Waals surface area contributed by atoms with Crippen molar-refractivity contribution in [3.8, 4) is 0 Å². The molecule has 3 rings (SSSR count). The van der Waals surface area contributed by atoms with E-state index >= 15 is 0 Å². The van der Waals surface area contributed by atoms with Gasteiger partial charge in [0.1, 0.15) is 0 Å². The summed E-state index contributed by atoms with van der Waals surface area (Å²) >= 11 is 0. The number of aromatic nitrogens is 1. The van der Waals surface area contributed by atoms with Crippen LogP contribution in [-0.4, -0.2) is 40.3 Å². The lowest BCUT2D eigenvalue weighted by Gasteiger charge is -2.41. The fourth-order valence-corrected chi connectivity index (χ4v) is 3.07. The van der Waals surface area contributed by atoms with Gasteiger partial charge in [0.25, 0.3) is 0 Å². The Morgan fingerprint density at radius 2 is 1.86 bits per heavy atom. The van der Waals surface area contributed by atoms with Crippen molar-refractivity contribution in [2.45, 2.75) is 19.5 Å². The zero-order valence-electron chi connectivity index (χ0n) is 12.9. The maximum Gasteiger partial charge on any atom is 0.220 e. The molecule has 4 nitrogen and oxygen atoms in total. The first-order chi connectivity index (χ1) is 10.7. The minimum atomic E-state index is 0.134. The third-order valence-corrected chi connectivity index (χ3v) is 4.21. The lowest BCUT2D eigenvalue weighted by molar-refractivity contribution is -0.134. The van der Waals surface area contributed by atoms with Crippen LogP contribution in [0, 0.1) is 0 Å². The maximum absolute atomic E-state index is 11.9. The molecule has 1 amide bonds. The Kier molecular flexibility index (Phi) is 4.49. The van der Waals surface area contributed by atoms with E-state index in [1.54, 1.807) is 6.92 Å². The molecule has 2 aromatic rings. The average molecular weight is 295 g/mol. The van der Waals surface area contributed by atoms with E-state index in [1.165, 1.54) is 11.1 Å². The highest BCUT2D eigenvalue weighted by Crippen LogP contribution is 2.26. The van der Waals surface area contributed by atoms with E-state index in [4.69, 9.17) is 0 Å². The Morgan fingerprint density at radius 3 is 2.55 bits per heavy atom. The van der Waals surface area contributed by atoms with Gasteiger partial charge in [0.15, 0.2) is 0 Å². The minimum absolute atomic E-state index is 0.134. The van der Waals surface area contributed by atoms with Crippen LogP contribution < -0.4 is 0 Å². The summed E-state index contributed by atoms with van der Waals surface area (Å²) < 4.78 is 0. The van der Waals surface area contributed by atoms with Crippen molar-refractivity contribution in [3.05, 3.63) is 66.0 Å². The van der Waals surface area contributed by atoms with Crippen LogP contribution in [0.4, 0.5) is 0 Å². The molecule has 0 radical (unpaired) electrons. The van der Waals surface area contributed by atoms with Crippen molar-refractivity contribution in [1.82, 2.24) is 14.8 Å². The van der Waals surface area contributed by atoms with Crippen LogP contribution in [0.3, 0.4) is 0 Å². The van der Waals surface area contributed by atoms with Gasteiger partial charge in [0.2, 0.25) is 5.91 Å². The number of benzene rings is 1. The molecule has 1 aliphatic rings. The number of hydrogen-bond donors (Lipinski definition) is 0. The van der Waals surface area contributed by atoms with Crippen LogP contribution in [0.15, 0.2) is 54.9 Å². The van der Waals surface area contributed by atoms with Crippen molar-refractivity contribution in [2.24, 2.45) is 0 Å². The number of amides is 1. The summed E-state index contributed by atoms with van der Waals surface area (Å²) in [5, 5.41) is 0. The van der Waals surface area contributed by atoms with E-state index in [0.717, 1.165) is 26.2 Å². The van der Waals surface area contributed by atoms with E-state index in [0.29, 0.717) is 0 Å². The van der Waals surface area contributed by atoms with Crippen LogP contribution in [0.2, 0.25) is 0 Å². The van der Waals surface area contributed by atoms with Gasteiger partial charge >= 0.3 is 0 Å². The lowest BCUT2D eigenvalue weighted by Crippen LogP contribution is -2.49. The van der Waals surface area contributed by atoms with Crippen molar-refractivity contribution >= 4 is 5.91 Å². The Balaban J connectivity index is 1.77. The predicted molar refractivity (Wildman–Crippen MR) is 86.1 cm³/mol. The Bertz CT molecular complexity index is 615. The molecule has 1 aromatic heterocycles. The normalized spacial score (nSPS) is 19.1. The van der Waals surface area contributed by atoms with Crippen LogP contribution >= 0.6 is 0 Å². The molecule has 0 spiro atoms. The Labute approximate surface area is 131 Å². The summed E-state index contributed by atoms with van der Waals surface area (Å²) in [7, 11) is 0. The second-order valence-electron chi connectivity index (χ2n) is 5.73. The molecule has 4 heteroatoms. The van der Waals surface area contributed by atoms with Crippen LogP contribution in [-0.2, 0) is 11.3 Å². The Morgan fingerprint density at radius 1 is 1.14 bits per heavy atom. The largest absolute Gasteiger partial charge is 0.333 e. The van der Waals surface area contributed by atoms with Crippen molar-refractivity contribution in [1.29, 1.82) is 0 Å². The van der Waals surface area contributed by atoms with Crippen molar-refractivity contribution in [2.75, 3.05) is 19.6 Å². The Hall–Kier alpha value is -2.20. The standard InChI is InChI=1S/C18H21N3O/c1-15(22)21-12-11-20(13-16-7-9-19-10-8-16)14-18(21)17-5-3-2-4-6-17/h2-10,18H,11-14H2,1H3/t18-/m0/s1. The van der Waals surface area contributed by atoms with E-state index in [9.17, 15) is 4.79 Å². The molecule has 1 atom stereocenters. The first kappa shape index (κ1) is 14.7. The van der Waals surface area contributed by atoms with Gasteiger partial charge in [-0.25, -0.2) is 0 Å². The highest BCUT2D eigenvalue weighted by atomic mass is 16.2. The number of rotatable bonds is 3. The van der Waals surface area contributed by atoms with Gasteiger partial charge in [-0.15, -0.1) is 0 Å². The second-order valence-corrected chi connectivity index (χ2v) is 5.73. The zero-order chi connectivity index (χ0) is 15.4. The van der Waals surface area contributed by atoms with Gasteiger partial charge in [-0.2, -0.15) is 0 Å². The average Bonchev–Trinajstić information content (AvgIpc) is 2.56. The van der Waals surface area contributed by atoms with Crippen LogP contribution in [0.1, 0.15) is 24.1 Å². The summed E-state index contributed by atoms with van der Waals surface area (Å²) in [5.41, 5.74) is 2.47. The fourth-order valence-electron chi connectivity index (χ4n) is 3.07. The quantitative estimate of drug-likeness (QED) is 0.873. The molecule has 114 valence electrons. The zero-order valence-corrected chi connectivity index (χ0v) is 12.9. The summed E-state index contributed by atoms with van der Waals surface area (Å²) in [5.74, 6) is 0.150. The fraction of sp³-hybridized carbons (Fsp3) is 0.333. The molecule has 22 heavy (non-hydrogen) atoms. The molecular formula is C18H21N3O. The molecule has 0 saturated carbocycles. The van der Waals surface area contributed by atoms with Gasteiger partial charge < -0.3 is 4.90 Å². The van der Waals surface area contributed by atoms with Gasteiger partial charge in [0, 0.05) is 45.5 Å². The topological polar surface area (TPSA) is 36.4 Å². The van der Waals surface area contributed by atoms with Gasteiger partial charge in [-0.05, 0) is 23.3 Å². The molecule has 0 N–H and O–H groups in total. The molecule has 1 aromatic carbocycles. The van der Waals surface area contributed by atoms with Gasteiger partial charge in [0.05, 0.1) is 6.04 Å². The summed E-state index contributed by atoms with van der Waals surface area (Å²) in [6, 6.07) is 14.5. The monoisotopic (exact) mass is 295 g/mol. The van der Waals surface area contributed by atoms with Crippen LogP contribution in [0.25, 0.3) is 0 Å². The number of piperazine rings is 1. The molecule has 0 unspecified atom stereocenters. The smallest absolute Gasteiger partial charge is 0.220 e. The highest BCUT2D eigenvalue weighted by Gasteiger charge is 2.29. The summed E-state index contributed by atoms with van der Waals surface area (Å²) in [4.78, 5) is 20.4. The summed E-state index contributed by atoms with van der Waals surface area (Å²) in [6.07, 6.45) is 3.66. The number of carbonyl (C=O) groups is 1. The second kappa shape index (κ2) is 6.71. The number of carbonyl (C=O) groups excluding carboxylic acids is 1. The molecule has 1 saturated heterocycles. The van der Waals surface area contributed by atoms with E-state index in [2.05, 4.69) is 34.1 Å². The van der Waals surface area contributed by atoms with E-state index in [-0.39, 0.29) is 11.9 Å². The number of hydrogen-bond acceptors (Lipinski definition) is 3.